The van der Waals surface area contributed by atoms with Crippen LogP contribution in [0.25, 0.3) is 6.08 Å². The standard InChI is InChI=1S/C26H19Br2NO5/c1-3-32-22-14-16(12-20(28)23(22)33-25(30)17-10-8-15(2)9-11-17)13-21-26(31)34-24(29-21)18-6-4-5-7-19(18)27/h4-14H,3H2,1-2H3/b21-13-. The largest absolute Gasteiger partial charge is 0.490 e. The number of benzene rings is 3. The Morgan fingerprint density at radius 3 is 2.50 bits per heavy atom. The number of halogens is 2. The highest BCUT2D eigenvalue weighted by Crippen LogP contribution is 2.38. The average Bonchev–Trinajstić information content (AvgIpc) is 3.16. The highest BCUT2D eigenvalue weighted by molar-refractivity contribution is 9.10. The van der Waals surface area contributed by atoms with Crippen LogP contribution in [0.1, 0.15) is 34.0 Å². The fourth-order valence-electron chi connectivity index (χ4n) is 3.19. The van der Waals surface area contributed by atoms with Crippen molar-refractivity contribution in [1.29, 1.82) is 0 Å². The number of esters is 2. The van der Waals surface area contributed by atoms with Crippen molar-refractivity contribution < 1.29 is 23.8 Å². The Bertz CT molecular complexity index is 1330. The molecule has 0 atom stereocenters. The third-order valence-electron chi connectivity index (χ3n) is 4.84. The van der Waals surface area contributed by atoms with Crippen molar-refractivity contribution in [3.05, 3.63) is 97.6 Å². The minimum absolute atomic E-state index is 0.143. The lowest BCUT2D eigenvalue weighted by Gasteiger charge is -2.13. The normalized spacial score (nSPS) is 14.1. The van der Waals surface area contributed by atoms with Gasteiger partial charge < -0.3 is 14.2 Å². The number of nitrogens with zero attached hydrogens (tertiary/aromatic N) is 1. The van der Waals surface area contributed by atoms with Gasteiger partial charge in [0.05, 0.1) is 22.2 Å². The number of cyclic esters (lactones) is 1. The van der Waals surface area contributed by atoms with Crippen molar-refractivity contribution in [3.8, 4) is 11.5 Å². The van der Waals surface area contributed by atoms with Gasteiger partial charge in [0.2, 0.25) is 5.90 Å². The van der Waals surface area contributed by atoms with Crippen molar-refractivity contribution >= 4 is 55.8 Å². The number of hydrogen-bond donors (Lipinski definition) is 0. The lowest BCUT2D eigenvalue weighted by molar-refractivity contribution is -0.129. The Labute approximate surface area is 213 Å². The highest BCUT2D eigenvalue weighted by Gasteiger charge is 2.26. The maximum absolute atomic E-state index is 12.6. The van der Waals surface area contributed by atoms with Crippen LogP contribution in [-0.4, -0.2) is 24.4 Å². The smallest absolute Gasteiger partial charge is 0.363 e. The summed E-state index contributed by atoms with van der Waals surface area (Å²) in [6.45, 7) is 4.12. The third-order valence-corrected chi connectivity index (χ3v) is 6.12. The van der Waals surface area contributed by atoms with E-state index in [0.717, 1.165) is 10.0 Å². The van der Waals surface area contributed by atoms with Gasteiger partial charge in [-0.2, -0.15) is 0 Å². The Morgan fingerprint density at radius 2 is 1.79 bits per heavy atom. The lowest BCUT2D eigenvalue weighted by atomic mass is 10.1. The predicted octanol–water partition coefficient (Wildman–Crippen LogP) is 6.48. The molecule has 1 aliphatic rings. The van der Waals surface area contributed by atoms with Crippen LogP contribution in [-0.2, 0) is 9.53 Å². The van der Waals surface area contributed by atoms with Crippen molar-refractivity contribution in [2.24, 2.45) is 4.99 Å². The van der Waals surface area contributed by atoms with Crippen molar-refractivity contribution in [2.45, 2.75) is 13.8 Å². The second kappa shape index (κ2) is 10.4. The maximum atomic E-state index is 12.6. The molecule has 0 saturated carbocycles. The van der Waals surface area contributed by atoms with E-state index in [2.05, 4.69) is 36.9 Å². The van der Waals surface area contributed by atoms with Crippen molar-refractivity contribution in [2.75, 3.05) is 6.61 Å². The molecule has 0 aliphatic carbocycles. The van der Waals surface area contributed by atoms with Gasteiger partial charge in [-0.3, -0.25) is 0 Å². The van der Waals surface area contributed by atoms with E-state index in [4.69, 9.17) is 14.2 Å². The number of hydrogen-bond acceptors (Lipinski definition) is 6. The van der Waals surface area contributed by atoms with Gasteiger partial charge in [0.25, 0.3) is 0 Å². The van der Waals surface area contributed by atoms with Gasteiger partial charge in [-0.25, -0.2) is 14.6 Å². The van der Waals surface area contributed by atoms with E-state index in [-0.39, 0.29) is 17.3 Å². The molecule has 0 radical (unpaired) electrons. The van der Waals surface area contributed by atoms with E-state index in [0.29, 0.717) is 33.5 Å². The molecule has 1 aliphatic heterocycles. The first-order chi connectivity index (χ1) is 16.4. The van der Waals surface area contributed by atoms with Gasteiger partial charge in [0.1, 0.15) is 0 Å². The molecule has 34 heavy (non-hydrogen) atoms. The van der Waals surface area contributed by atoms with Crippen LogP contribution >= 0.6 is 31.9 Å². The second-order valence-electron chi connectivity index (χ2n) is 7.33. The quantitative estimate of drug-likeness (QED) is 0.188. The summed E-state index contributed by atoms with van der Waals surface area (Å²) < 4.78 is 18.0. The Hall–Kier alpha value is -3.23. The molecule has 0 unspecified atom stereocenters. The first kappa shape index (κ1) is 23.9. The minimum atomic E-state index is -0.560. The van der Waals surface area contributed by atoms with Crippen LogP contribution in [0.5, 0.6) is 11.5 Å². The van der Waals surface area contributed by atoms with E-state index >= 15 is 0 Å². The van der Waals surface area contributed by atoms with Crippen LogP contribution < -0.4 is 9.47 Å². The van der Waals surface area contributed by atoms with Gasteiger partial charge in [0, 0.05) is 4.47 Å². The van der Waals surface area contributed by atoms with Gasteiger partial charge in [-0.15, -0.1) is 0 Å². The molecule has 0 fully saturated rings. The molecule has 0 amide bonds. The fourth-order valence-corrected chi connectivity index (χ4v) is 4.19. The predicted molar refractivity (Wildman–Crippen MR) is 136 cm³/mol. The monoisotopic (exact) mass is 583 g/mol. The average molecular weight is 585 g/mol. The first-order valence-electron chi connectivity index (χ1n) is 10.4. The van der Waals surface area contributed by atoms with Crippen molar-refractivity contribution in [1.82, 2.24) is 0 Å². The molecule has 4 rings (SSSR count). The van der Waals surface area contributed by atoms with E-state index in [1.165, 1.54) is 0 Å². The van der Waals surface area contributed by atoms with E-state index in [1.54, 1.807) is 36.4 Å². The second-order valence-corrected chi connectivity index (χ2v) is 9.04. The number of carbonyl (C=O) groups is 2. The summed E-state index contributed by atoms with van der Waals surface area (Å²) in [6.07, 6.45) is 1.59. The molecule has 0 saturated heterocycles. The Balaban J connectivity index is 1.65. The third kappa shape index (κ3) is 5.29. The maximum Gasteiger partial charge on any atom is 0.363 e. The molecule has 0 spiro atoms. The lowest BCUT2D eigenvalue weighted by Crippen LogP contribution is -2.10. The van der Waals surface area contributed by atoms with Crippen LogP contribution in [0.15, 0.2) is 80.3 Å². The van der Waals surface area contributed by atoms with E-state index in [9.17, 15) is 9.59 Å². The molecular weight excluding hydrogens is 566 g/mol. The summed E-state index contributed by atoms with van der Waals surface area (Å²) in [7, 11) is 0. The molecule has 3 aromatic rings. The van der Waals surface area contributed by atoms with Gasteiger partial charge in [0.15, 0.2) is 17.2 Å². The van der Waals surface area contributed by atoms with Crippen molar-refractivity contribution in [3.63, 3.8) is 0 Å². The first-order valence-corrected chi connectivity index (χ1v) is 12.0. The van der Waals surface area contributed by atoms with Crippen LogP contribution in [0.2, 0.25) is 0 Å². The SMILES string of the molecule is CCOc1cc(/C=C2\N=C(c3ccccc3Br)OC2=O)cc(Br)c1OC(=O)c1ccc(C)cc1. The zero-order valence-electron chi connectivity index (χ0n) is 18.3. The number of carbonyl (C=O) groups excluding carboxylic acids is 2. The molecule has 6 nitrogen and oxygen atoms in total. The molecule has 0 bridgehead atoms. The molecule has 0 aromatic heterocycles. The molecule has 0 N–H and O–H groups in total. The summed E-state index contributed by atoms with van der Waals surface area (Å²) in [5.74, 6) is -0.243. The molecule has 172 valence electrons. The van der Waals surface area contributed by atoms with Gasteiger partial charge >= 0.3 is 11.9 Å². The summed E-state index contributed by atoms with van der Waals surface area (Å²) in [5.41, 5.74) is 2.91. The topological polar surface area (TPSA) is 74.2 Å². The zero-order valence-corrected chi connectivity index (χ0v) is 21.5. The number of ether oxygens (including phenoxy) is 3. The van der Waals surface area contributed by atoms with Gasteiger partial charge in [-0.05, 0) is 93.7 Å². The molecule has 1 heterocycles. The zero-order chi connectivity index (χ0) is 24.2. The minimum Gasteiger partial charge on any atom is -0.490 e. The fraction of sp³-hybridized carbons (Fsp3) is 0.115. The highest BCUT2D eigenvalue weighted by atomic mass is 79.9. The number of aryl methyl sites for hydroxylation is 1. The van der Waals surface area contributed by atoms with E-state index < -0.39 is 11.9 Å². The summed E-state index contributed by atoms with van der Waals surface area (Å²) >= 11 is 6.90. The molecular formula is C26H19Br2NO5. The Kier molecular flexibility index (Phi) is 7.29. The Morgan fingerprint density at radius 1 is 1.06 bits per heavy atom. The summed E-state index contributed by atoms with van der Waals surface area (Å²) in [5, 5.41) is 0. The van der Waals surface area contributed by atoms with Gasteiger partial charge in [-0.1, -0.05) is 29.8 Å². The number of rotatable bonds is 6. The number of aliphatic imine (C=N–C) groups is 1. The molecule has 3 aromatic carbocycles. The van der Waals surface area contributed by atoms with Crippen LogP contribution in [0.4, 0.5) is 0 Å². The van der Waals surface area contributed by atoms with Crippen LogP contribution in [0.3, 0.4) is 0 Å². The molecule has 8 heteroatoms. The van der Waals surface area contributed by atoms with E-state index in [1.807, 2.05) is 44.2 Å². The summed E-state index contributed by atoms with van der Waals surface area (Å²) in [4.78, 5) is 29.4. The van der Waals surface area contributed by atoms with Crippen LogP contribution in [0, 0.1) is 6.92 Å². The summed E-state index contributed by atoms with van der Waals surface area (Å²) in [6, 6.07) is 17.8.